The van der Waals surface area contributed by atoms with Gasteiger partial charge in [-0.2, -0.15) is 0 Å². The van der Waals surface area contributed by atoms with Crippen molar-refractivity contribution in [3.8, 4) is 5.69 Å². The predicted octanol–water partition coefficient (Wildman–Crippen LogP) is 2.92. The standard InChI is InChI=1S/C17H15N3O/c21-17(19-13-7-8-13)12-5-9-14(10-6-12)20-11-18-15-3-1-2-4-16(15)20/h1-6,9-11,13H,7-8H2,(H,19,21). The van der Waals surface area contributed by atoms with Gasteiger partial charge in [0.1, 0.15) is 6.33 Å². The Morgan fingerprint density at radius 3 is 2.62 bits per heavy atom. The quantitative estimate of drug-likeness (QED) is 0.800. The van der Waals surface area contributed by atoms with Gasteiger partial charge >= 0.3 is 0 Å². The van der Waals surface area contributed by atoms with Gasteiger partial charge in [0.2, 0.25) is 0 Å². The molecule has 1 aromatic heterocycles. The van der Waals surface area contributed by atoms with Gasteiger partial charge in [-0.15, -0.1) is 0 Å². The van der Waals surface area contributed by atoms with Crippen molar-refractivity contribution < 1.29 is 4.79 Å². The van der Waals surface area contributed by atoms with Crippen LogP contribution in [-0.4, -0.2) is 21.5 Å². The fraction of sp³-hybridized carbons (Fsp3) is 0.176. The fourth-order valence-electron chi connectivity index (χ4n) is 2.43. The largest absolute Gasteiger partial charge is 0.349 e. The third-order valence-corrected chi connectivity index (χ3v) is 3.77. The predicted molar refractivity (Wildman–Crippen MR) is 81.6 cm³/mol. The number of aromatic nitrogens is 2. The van der Waals surface area contributed by atoms with Crippen LogP contribution >= 0.6 is 0 Å². The fourth-order valence-corrected chi connectivity index (χ4v) is 2.43. The van der Waals surface area contributed by atoms with Gasteiger partial charge < -0.3 is 5.32 Å². The SMILES string of the molecule is O=C(NC1CC1)c1ccc(-n2cnc3ccccc32)cc1. The number of amides is 1. The minimum Gasteiger partial charge on any atom is -0.349 e. The molecule has 0 atom stereocenters. The first-order valence-electron chi connectivity index (χ1n) is 7.15. The molecule has 21 heavy (non-hydrogen) atoms. The topological polar surface area (TPSA) is 46.9 Å². The average molecular weight is 277 g/mol. The van der Waals surface area contributed by atoms with Crippen LogP contribution in [0.4, 0.5) is 0 Å². The number of nitrogens with one attached hydrogen (secondary N) is 1. The highest BCUT2D eigenvalue weighted by atomic mass is 16.1. The summed E-state index contributed by atoms with van der Waals surface area (Å²) < 4.78 is 2.03. The second kappa shape index (κ2) is 4.74. The van der Waals surface area contributed by atoms with E-state index in [1.165, 1.54) is 0 Å². The number of rotatable bonds is 3. The Morgan fingerprint density at radius 2 is 1.86 bits per heavy atom. The second-order valence-electron chi connectivity index (χ2n) is 5.40. The van der Waals surface area contributed by atoms with Crippen LogP contribution in [0.5, 0.6) is 0 Å². The van der Waals surface area contributed by atoms with Gasteiger partial charge in [-0.25, -0.2) is 4.98 Å². The van der Waals surface area contributed by atoms with E-state index in [9.17, 15) is 4.79 Å². The van der Waals surface area contributed by atoms with E-state index in [0.717, 1.165) is 29.6 Å². The van der Waals surface area contributed by atoms with Crippen molar-refractivity contribution in [1.29, 1.82) is 0 Å². The van der Waals surface area contributed by atoms with Crippen LogP contribution < -0.4 is 5.32 Å². The van der Waals surface area contributed by atoms with Gasteiger partial charge in [-0.1, -0.05) is 12.1 Å². The van der Waals surface area contributed by atoms with Crippen LogP contribution in [0.2, 0.25) is 0 Å². The molecule has 4 nitrogen and oxygen atoms in total. The maximum Gasteiger partial charge on any atom is 0.251 e. The van der Waals surface area contributed by atoms with Gasteiger partial charge in [0.05, 0.1) is 11.0 Å². The van der Waals surface area contributed by atoms with E-state index < -0.39 is 0 Å². The smallest absolute Gasteiger partial charge is 0.251 e. The van der Waals surface area contributed by atoms with Crippen molar-refractivity contribution in [1.82, 2.24) is 14.9 Å². The summed E-state index contributed by atoms with van der Waals surface area (Å²) in [4.78, 5) is 16.4. The Hall–Kier alpha value is -2.62. The Balaban J connectivity index is 1.65. The van der Waals surface area contributed by atoms with Crippen molar-refractivity contribution in [2.24, 2.45) is 0 Å². The van der Waals surface area contributed by atoms with E-state index >= 15 is 0 Å². The van der Waals surface area contributed by atoms with E-state index in [0.29, 0.717) is 11.6 Å². The molecule has 0 unspecified atom stereocenters. The third kappa shape index (κ3) is 2.29. The highest BCUT2D eigenvalue weighted by Gasteiger charge is 2.23. The normalized spacial score (nSPS) is 14.3. The molecule has 1 fully saturated rings. The number of imidazole rings is 1. The maximum atomic E-state index is 12.0. The molecule has 1 saturated carbocycles. The molecule has 0 aliphatic heterocycles. The van der Waals surface area contributed by atoms with E-state index in [1.54, 1.807) is 0 Å². The van der Waals surface area contributed by atoms with Crippen LogP contribution in [0.15, 0.2) is 54.9 Å². The van der Waals surface area contributed by atoms with Crippen molar-refractivity contribution in [2.45, 2.75) is 18.9 Å². The summed E-state index contributed by atoms with van der Waals surface area (Å²) in [5, 5.41) is 3.00. The number of nitrogens with zero attached hydrogens (tertiary/aromatic N) is 2. The summed E-state index contributed by atoms with van der Waals surface area (Å²) in [7, 11) is 0. The molecule has 1 aliphatic rings. The lowest BCUT2D eigenvalue weighted by molar-refractivity contribution is 0.0951. The number of benzene rings is 2. The molecule has 1 aliphatic carbocycles. The van der Waals surface area contributed by atoms with Gasteiger partial charge in [0, 0.05) is 17.3 Å². The van der Waals surface area contributed by atoms with Crippen LogP contribution in [0.1, 0.15) is 23.2 Å². The number of hydrogen-bond donors (Lipinski definition) is 1. The average Bonchev–Trinajstić information content (AvgIpc) is 3.23. The molecule has 0 saturated heterocycles. The molecule has 0 spiro atoms. The number of para-hydroxylation sites is 2. The number of fused-ring (bicyclic) bond motifs is 1. The number of hydrogen-bond acceptors (Lipinski definition) is 2. The van der Waals surface area contributed by atoms with Crippen LogP contribution in [0, 0.1) is 0 Å². The molecule has 1 heterocycles. The zero-order valence-corrected chi connectivity index (χ0v) is 11.5. The number of carbonyl (C=O) groups is 1. The molecule has 3 aromatic rings. The van der Waals surface area contributed by atoms with E-state index in [1.807, 2.05) is 59.4 Å². The zero-order valence-electron chi connectivity index (χ0n) is 11.5. The van der Waals surface area contributed by atoms with Crippen molar-refractivity contribution in [2.75, 3.05) is 0 Å². The Bertz CT molecular complexity index is 800. The summed E-state index contributed by atoms with van der Waals surface area (Å²) in [6, 6.07) is 16.0. The highest BCUT2D eigenvalue weighted by Crippen LogP contribution is 2.20. The second-order valence-corrected chi connectivity index (χ2v) is 5.40. The Morgan fingerprint density at radius 1 is 1.10 bits per heavy atom. The van der Waals surface area contributed by atoms with Crippen LogP contribution in [-0.2, 0) is 0 Å². The molecule has 4 rings (SSSR count). The maximum absolute atomic E-state index is 12.0. The highest BCUT2D eigenvalue weighted by molar-refractivity contribution is 5.94. The first-order chi connectivity index (χ1) is 10.3. The molecule has 0 bridgehead atoms. The van der Waals surface area contributed by atoms with E-state index in [-0.39, 0.29) is 5.91 Å². The summed E-state index contributed by atoms with van der Waals surface area (Å²) in [5.74, 6) is 0.0135. The molecular formula is C17H15N3O. The minimum atomic E-state index is 0.0135. The molecular weight excluding hydrogens is 262 g/mol. The first-order valence-corrected chi connectivity index (χ1v) is 7.15. The first kappa shape index (κ1) is 12.1. The monoisotopic (exact) mass is 277 g/mol. The molecule has 4 heteroatoms. The van der Waals surface area contributed by atoms with E-state index in [4.69, 9.17) is 0 Å². The molecule has 0 radical (unpaired) electrons. The lowest BCUT2D eigenvalue weighted by atomic mass is 10.2. The van der Waals surface area contributed by atoms with Crippen molar-refractivity contribution in [3.63, 3.8) is 0 Å². The lowest BCUT2D eigenvalue weighted by Gasteiger charge is -2.06. The van der Waals surface area contributed by atoms with Gasteiger partial charge in [0.15, 0.2) is 0 Å². The Kier molecular flexibility index (Phi) is 2.74. The minimum absolute atomic E-state index is 0.0135. The van der Waals surface area contributed by atoms with Crippen LogP contribution in [0.25, 0.3) is 16.7 Å². The molecule has 104 valence electrons. The molecule has 1 N–H and O–H groups in total. The summed E-state index contributed by atoms with van der Waals surface area (Å²) in [6.45, 7) is 0. The Labute approximate surface area is 122 Å². The molecule has 1 amide bonds. The summed E-state index contributed by atoms with van der Waals surface area (Å²) >= 11 is 0. The molecule has 2 aromatic carbocycles. The van der Waals surface area contributed by atoms with Gasteiger partial charge in [0.25, 0.3) is 5.91 Å². The van der Waals surface area contributed by atoms with Gasteiger partial charge in [-0.05, 0) is 49.2 Å². The van der Waals surface area contributed by atoms with Crippen molar-refractivity contribution in [3.05, 3.63) is 60.4 Å². The third-order valence-electron chi connectivity index (χ3n) is 3.77. The zero-order chi connectivity index (χ0) is 14.2. The lowest BCUT2D eigenvalue weighted by Crippen LogP contribution is -2.25. The summed E-state index contributed by atoms with van der Waals surface area (Å²) in [5.41, 5.74) is 3.74. The van der Waals surface area contributed by atoms with Gasteiger partial charge in [-0.3, -0.25) is 9.36 Å². The van der Waals surface area contributed by atoms with Crippen LogP contribution in [0.3, 0.4) is 0 Å². The van der Waals surface area contributed by atoms with E-state index in [2.05, 4.69) is 10.3 Å². The summed E-state index contributed by atoms with van der Waals surface area (Å²) in [6.07, 6.45) is 4.01. The van der Waals surface area contributed by atoms with Crippen molar-refractivity contribution >= 4 is 16.9 Å². The number of carbonyl (C=O) groups excluding carboxylic acids is 1.